The average molecular weight is 296 g/mol. The van der Waals surface area contributed by atoms with Crippen molar-refractivity contribution in [3.05, 3.63) is 34.9 Å². The highest BCUT2D eigenvalue weighted by molar-refractivity contribution is 6.30. The number of hydrogen-bond donors (Lipinski definition) is 1. The number of likely N-dealkylation sites (tertiary alicyclic amines) is 1. The van der Waals surface area contributed by atoms with Crippen molar-refractivity contribution in [1.82, 2.24) is 4.90 Å². The average Bonchev–Trinajstić information content (AvgIpc) is 2.87. The number of carbonyl (C=O) groups excluding carboxylic acids is 1. The van der Waals surface area contributed by atoms with Crippen LogP contribution in [0.25, 0.3) is 0 Å². The van der Waals surface area contributed by atoms with Crippen LogP contribution in [0, 0.1) is 11.8 Å². The molecule has 3 nitrogen and oxygen atoms in total. The Bertz CT molecular complexity index is 475. The van der Waals surface area contributed by atoms with Gasteiger partial charge in [0.15, 0.2) is 0 Å². The highest BCUT2D eigenvalue weighted by atomic mass is 35.5. The Balaban J connectivity index is 2.19. The lowest BCUT2D eigenvalue weighted by Gasteiger charge is -2.26. The van der Waals surface area contributed by atoms with E-state index in [0.29, 0.717) is 11.6 Å². The molecule has 1 aliphatic rings. The van der Waals surface area contributed by atoms with E-state index < -0.39 is 0 Å². The number of aliphatic hydroxyl groups excluding tert-OH is 1. The van der Waals surface area contributed by atoms with Gasteiger partial charge in [0.25, 0.3) is 0 Å². The summed E-state index contributed by atoms with van der Waals surface area (Å²) in [7, 11) is 0. The number of hydrogen-bond acceptors (Lipinski definition) is 2. The summed E-state index contributed by atoms with van der Waals surface area (Å²) >= 11 is 6.05. The molecule has 0 saturated carbocycles. The van der Waals surface area contributed by atoms with Crippen LogP contribution in [0.3, 0.4) is 0 Å². The van der Waals surface area contributed by atoms with Gasteiger partial charge in [0.05, 0.1) is 5.92 Å². The molecule has 0 aromatic heterocycles. The fourth-order valence-electron chi connectivity index (χ4n) is 2.89. The molecule has 1 heterocycles. The summed E-state index contributed by atoms with van der Waals surface area (Å²) in [5, 5.41) is 9.87. The van der Waals surface area contributed by atoms with Crippen molar-refractivity contribution in [2.45, 2.75) is 26.2 Å². The fourth-order valence-corrected chi connectivity index (χ4v) is 3.09. The molecule has 0 bridgehead atoms. The molecule has 1 aromatic rings. The summed E-state index contributed by atoms with van der Waals surface area (Å²) in [6, 6.07) is 7.56. The monoisotopic (exact) mass is 295 g/mol. The number of amides is 1. The number of rotatable bonds is 4. The molecule has 1 aliphatic heterocycles. The molecule has 0 aliphatic carbocycles. The van der Waals surface area contributed by atoms with Crippen molar-refractivity contribution in [1.29, 1.82) is 0 Å². The maximum Gasteiger partial charge on any atom is 0.230 e. The predicted octanol–water partition coefficient (Wildman–Crippen LogP) is 2.92. The molecule has 1 N–H and O–H groups in total. The summed E-state index contributed by atoms with van der Waals surface area (Å²) in [4.78, 5) is 14.6. The Labute approximate surface area is 125 Å². The van der Waals surface area contributed by atoms with Crippen molar-refractivity contribution in [2.24, 2.45) is 11.8 Å². The van der Waals surface area contributed by atoms with E-state index in [2.05, 4.69) is 13.8 Å². The molecule has 0 radical (unpaired) electrons. The molecule has 0 spiro atoms. The predicted molar refractivity (Wildman–Crippen MR) is 80.8 cm³/mol. The largest absolute Gasteiger partial charge is 0.396 e. The Morgan fingerprint density at radius 1 is 1.50 bits per heavy atom. The normalized spacial score (nSPS) is 20.4. The van der Waals surface area contributed by atoms with Gasteiger partial charge in [0.2, 0.25) is 5.91 Å². The van der Waals surface area contributed by atoms with Crippen LogP contribution in [0.4, 0.5) is 0 Å². The molecule has 110 valence electrons. The summed E-state index contributed by atoms with van der Waals surface area (Å²) in [6.45, 7) is 5.69. The first-order valence-electron chi connectivity index (χ1n) is 7.18. The molecule has 1 saturated heterocycles. The highest BCUT2D eigenvalue weighted by Crippen LogP contribution is 2.30. The van der Waals surface area contributed by atoms with Crippen molar-refractivity contribution >= 4 is 17.5 Å². The van der Waals surface area contributed by atoms with Gasteiger partial charge in [-0.15, -0.1) is 0 Å². The zero-order valence-electron chi connectivity index (χ0n) is 12.1. The minimum absolute atomic E-state index is 0.151. The lowest BCUT2D eigenvalue weighted by Crippen LogP contribution is -2.35. The second-order valence-corrected chi connectivity index (χ2v) is 6.33. The summed E-state index contributed by atoms with van der Waals surface area (Å²) < 4.78 is 0. The second kappa shape index (κ2) is 6.59. The zero-order chi connectivity index (χ0) is 14.7. The number of halogens is 1. The molecule has 1 fully saturated rings. The van der Waals surface area contributed by atoms with Gasteiger partial charge in [0.1, 0.15) is 0 Å². The Hall–Kier alpha value is -1.06. The van der Waals surface area contributed by atoms with Gasteiger partial charge < -0.3 is 10.0 Å². The van der Waals surface area contributed by atoms with Crippen molar-refractivity contribution in [3.63, 3.8) is 0 Å². The molecule has 1 aromatic carbocycles. The lowest BCUT2D eigenvalue weighted by atomic mass is 9.87. The van der Waals surface area contributed by atoms with Crippen LogP contribution in [0.5, 0.6) is 0 Å². The first-order valence-corrected chi connectivity index (χ1v) is 7.55. The lowest BCUT2D eigenvalue weighted by molar-refractivity contribution is -0.133. The Morgan fingerprint density at radius 2 is 2.25 bits per heavy atom. The van der Waals surface area contributed by atoms with E-state index in [4.69, 9.17) is 11.6 Å². The number of carbonyl (C=O) groups is 1. The molecular formula is C16H22ClNO2. The van der Waals surface area contributed by atoms with E-state index in [1.165, 1.54) is 0 Å². The van der Waals surface area contributed by atoms with Crippen molar-refractivity contribution < 1.29 is 9.90 Å². The van der Waals surface area contributed by atoms with Gasteiger partial charge in [-0.3, -0.25) is 4.79 Å². The molecule has 20 heavy (non-hydrogen) atoms. The third kappa shape index (κ3) is 3.33. The van der Waals surface area contributed by atoms with Crippen LogP contribution in [0.15, 0.2) is 24.3 Å². The molecule has 1 amide bonds. The van der Waals surface area contributed by atoms with Crippen LogP contribution in [0.1, 0.15) is 31.7 Å². The van der Waals surface area contributed by atoms with Gasteiger partial charge in [-0.1, -0.05) is 37.6 Å². The molecule has 2 rings (SSSR count). The smallest absolute Gasteiger partial charge is 0.230 e. The zero-order valence-corrected chi connectivity index (χ0v) is 12.8. The summed E-state index contributed by atoms with van der Waals surface area (Å²) in [5.41, 5.74) is 0.977. The van der Waals surface area contributed by atoms with Gasteiger partial charge in [-0.05, 0) is 30.0 Å². The van der Waals surface area contributed by atoms with Gasteiger partial charge in [-0.2, -0.15) is 0 Å². The van der Waals surface area contributed by atoms with Crippen LogP contribution in [-0.2, 0) is 4.79 Å². The van der Waals surface area contributed by atoms with Gasteiger partial charge >= 0.3 is 0 Å². The number of nitrogens with zero attached hydrogens (tertiary/aromatic N) is 1. The minimum atomic E-state index is -0.161. The standard InChI is InChI=1S/C16H22ClNO2/c1-11(2)15(13-4-3-5-14(17)8-13)16(20)18-7-6-12(9-18)10-19/h3-5,8,11-12,15,19H,6-7,9-10H2,1-2H3. The highest BCUT2D eigenvalue weighted by Gasteiger charge is 2.33. The van der Waals surface area contributed by atoms with Crippen molar-refractivity contribution in [2.75, 3.05) is 19.7 Å². The Morgan fingerprint density at radius 3 is 2.80 bits per heavy atom. The maximum absolute atomic E-state index is 12.8. The van der Waals surface area contributed by atoms with E-state index in [0.717, 1.165) is 18.5 Å². The quantitative estimate of drug-likeness (QED) is 0.928. The fraction of sp³-hybridized carbons (Fsp3) is 0.562. The molecule has 2 atom stereocenters. The third-order valence-corrected chi connectivity index (χ3v) is 4.23. The minimum Gasteiger partial charge on any atom is -0.396 e. The molecule has 2 unspecified atom stereocenters. The van der Waals surface area contributed by atoms with Crippen LogP contribution < -0.4 is 0 Å². The summed E-state index contributed by atoms with van der Waals surface area (Å²) in [5.74, 6) is 0.435. The van der Waals surface area contributed by atoms with Crippen LogP contribution in [0.2, 0.25) is 5.02 Å². The van der Waals surface area contributed by atoms with E-state index in [9.17, 15) is 9.90 Å². The third-order valence-electron chi connectivity index (χ3n) is 4.00. The Kier molecular flexibility index (Phi) is 5.06. The SMILES string of the molecule is CC(C)C(C(=O)N1CCC(CO)C1)c1cccc(Cl)c1. The van der Waals surface area contributed by atoms with Gasteiger partial charge in [0, 0.05) is 30.6 Å². The van der Waals surface area contributed by atoms with E-state index in [-0.39, 0.29) is 30.3 Å². The van der Waals surface area contributed by atoms with Gasteiger partial charge in [-0.25, -0.2) is 0 Å². The second-order valence-electron chi connectivity index (χ2n) is 5.90. The molecule has 4 heteroatoms. The van der Waals surface area contributed by atoms with Crippen LogP contribution in [-0.4, -0.2) is 35.6 Å². The first kappa shape index (κ1) is 15.3. The maximum atomic E-state index is 12.8. The van der Waals surface area contributed by atoms with Crippen LogP contribution >= 0.6 is 11.6 Å². The van der Waals surface area contributed by atoms with E-state index in [1.54, 1.807) is 0 Å². The summed E-state index contributed by atoms with van der Waals surface area (Å²) in [6.07, 6.45) is 0.891. The topological polar surface area (TPSA) is 40.5 Å². The number of benzene rings is 1. The molecular weight excluding hydrogens is 274 g/mol. The first-order chi connectivity index (χ1) is 9.52. The van der Waals surface area contributed by atoms with Crippen molar-refractivity contribution in [3.8, 4) is 0 Å². The van der Waals surface area contributed by atoms with E-state index in [1.807, 2.05) is 29.2 Å². The van der Waals surface area contributed by atoms with E-state index >= 15 is 0 Å². The number of aliphatic hydroxyl groups is 1.